The zero-order chi connectivity index (χ0) is 20.2. The first-order valence-electron chi connectivity index (χ1n) is 9.43. The van der Waals surface area contributed by atoms with E-state index in [2.05, 4.69) is 0 Å². The van der Waals surface area contributed by atoms with Gasteiger partial charge in [-0.25, -0.2) is 8.42 Å². The number of para-hydroxylation sites is 1. The molecule has 1 aliphatic heterocycles. The number of aliphatic hydroxyl groups is 1. The molecule has 1 saturated heterocycles. The summed E-state index contributed by atoms with van der Waals surface area (Å²) in [5.41, 5.74) is -0.425. The number of sulfonamides is 1. The average Bonchev–Trinajstić information content (AvgIpc) is 2.69. The molecule has 0 bridgehead atoms. The van der Waals surface area contributed by atoms with Crippen LogP contribution in [0.25, 0.3) is 0 Å². The van der Waals surface area contributed by atoms with Crippen LogP contribution < -0.4 is 4.74 Å². The summed E-state index contributed by atoms with van der Waals surface area (Å²) in [5.74, 6) is 1.28. The third-order valence-electron chi connectivity index (χ3n) is 5.05. The van der Waals surface area contributed by atoms with Crippen molar-refractivity contribution >= 4 is 10.0 Å². The van der Waals surface area contributed by atoms with Gasteiger partial charge in [-0.3, -0.25) is 0 Å². The number of piperidine rings is 1. The Hall–Kier alpha value is -1.93. The highest BCUT2D eigenvalue weighted by Gasteiger charge is 2.40. The number of aliphatic hydroxyl groups excluding tert-OH is 1. The van der Waals surface area contributed by atoms with Gasteiger partial charge in [0.1, 0.15) is 11.5 Å². The molecule has 0 saturated carbocycles. The first-order valence-corrected chi connectivity index (χ1v) is 10.9. The molecule has 7 heteroatoms. The number of benzene rings is 2. The van der Waals surface area contributed by atoms with Gasteiger partial charge in [0.15, 0.2) is 0 Å². The van der Waals surface area contributed by atoms with Crippen LogP contribution in [0.3, 0.4) is 0 Å². The Morgan fingerprint density at radius 2 is 1.71 bits per heavy atom. The smallest absolute Gasteiger partial charge is 0.243 e. The van der Waals surface area contributed by atoms with Gasteiger partial charge in [-0.1, -0.05) is 18.2 Å². The van der Waals surface area contributed by atoms with Crippen molar-refractivity contribution in [3.05, 3.63) is 54.6 Å². The van der Waals surface area contributed by atoms with E-state index in [-0.39, 0.29) is 11.5 Å². The molecule has 0 spiro atoms. The molecule has 1 fully saturated rings. The zero-order valence-corrected chi connectivity index (χ0v) is 17.2. The third kappa shape index (κ3) is 4.72. The van der Waals surface area contributed by atoms with Crippen molar-refractivity contribution in [1.29, 1.82) is 0 Å². The molecule has 152 valence electrons. The highest BCUT2D eigenvalue weighted by Crippen LogP contribution is 2.33. The van der Waals surface area contributed by atoms with Gasteiger partial charge >= 0.3 is 0 Å². The lowest BCUT2D eigenvalue weighted by molar-refractivity contribution is 0.0409. The molecule has 1 heterocycles. The third-order valence-corrected chi connectivity index (χ3v) is 6.91. The van der Waals surface area contributed by atoms with Crippen molar-refractivity contribution in [1.82, 2.24) is 9.21 Å². The molecular formula is C21H28N2O4S. The number of nitrogens with zero attached hydrogens (tertiary/aromatic N) is 2. The van der Waals surface area contributed by atoms with Gasteiger partial charge < -0.3 is 14.7 Å². The average molecular weight is 405 g/mol. The van der Waals surface area contributed by atoms with E-state index < -0.39 is 15.4 Å². The van der Waals surface area contributed by atoms with Crippen LogP contribution in [0.2, 0.25) is 0 Å². The van der Waals surface area contributed by atoms with E-state index in [1.165, 1.54) is 4.31 Å². The molecule has 0 aromatic heterocycles. The predicted octanol–water partition coefficient (Wildman–Crippen LogP) is 2.80. The van der Waals surface area contributed by atoms with Crippen LogP contribution in [-0.4, -0.2) is 63.1 Å². The van der Waals surface area contributed by atoms with E-state index in [0.717, 1.165) is 12.8 Å². The molecule has 28 heavy (non-hydrogen) atoms. The van der Waals surface area contributed by atoms with Crippen molar-refractivity contribution in [2.75, 3.05) is 40.3 Å². The number of hydrogen-bond donors (Lipinski definition) is 1. The second-order valence-corrected chi connectivity index (χ2v) is 9.66. The maximum Gasteiger partial charge on any atom is 0.243 e. The predicted molar refractivity (Wildman–Crippen MR) is 109 cm³/mol. The van der Waals surface area contributed by atoms with Crippen molar-refractivity contribution < 1.29 is 18.3 Å². The van der Waals surface area contributed by atoms with Crippen molar-refractivity contribution in [3.63, 3.8) is 0 Å². The summed E-state index contributed by atoms with van der Waals surface area (Å²) in [4.78, 5) is 2.24. The zero-order valence-electron chi connectivity index (χ0n) is 16.4. The van der Waals surface area contributed by atoms with Crippen molar-refractivity contribution in [2.45, 2.75) is 17.7 Å². The lowest BCUT2D eigenvalue weighted by Gasteiger charge is -2.42. The molecule has 0 amide bonds. The summed E-state index contributed by atoms with van der Waals surface area (Å²) >= 11 is 0. The number of hydrogen-bond acceptors (Lipinski definition) is 5. The molecule has 2 aromatic rings. The first kappa shape index (κ1) is 20.8. The Bertz CT molecular complexity index is 869. The molecule has 1 atom stereocenters. The second kappa shape index (κ2) is 8.61. The van der Waals surface area contributed by atoms with Crippen molar-refractivity contribution in [2.24, 2.45) is 5.41 Å². The van der Waals surface area contributed by atoms with Crippen LogP contribution in [-0.2, 0) is 10.0 Å². The topological polar surface area (TPSA) is 70.1 Å². The summed E-state index contributed by atoms with van der Waals surface area (Å²) in [5, 5.41) is 9.96. The normalized spacial score (nSPS) is 21.0. The minimum absolute atomic E-state index is 0.0267. The molecule has 0 aliphatic carbocycles. The monoisotopic (exact) mass is 404 g/mol. The fraction of sp³-hybridized carbons (Fsp3) is 0.429. The lowest BCUT2D eigenvalue weighted by atomic mass is 9.81. The minimum atomic E-state index is -3.62. The van der Waals surface area contributed by atoms with Crippen LogP contribution in [0.5, 0.6) is 11.5 Å². The van der Waals surface area contributed by atoms with E-state index in [9.17, 15) is 13.5 Å². The molecule has 2 aromatic carbocycles. The Morgan fingerprint density at radius 1 is 1.07 bits per heavy atom. The summed E-state index contributed by atoms with van der Waals surface area (Å²) in [6.07, 6.45) is 1.56. The molecule has 3 rings (SSSR count). The fourth-order valence-corrected chi connectivity index (χ4v) is 5.39. The second-order valence-electron chi connectivity index (χ2n) is 7.72. The van der Waals surface area contributed by atoms with E-state index in [0.29, 0.717) is 31.1 Å². The van der Waals surface area contributed by atoms with Gasteiger partial charge in [0.05, 0.1) is 11.5 Å². The van der Waals surface area contributed by atoms with Gasteiger partial charge in [0.2, 0.25) is 10.0 Å². The Balaban J connectivity index is 1.76. The number of ether oxygens (including phenoxy) is 1. The van der Waals surface area contributed by atoms with Crippen LogP contribution >= 0.6 is 0 Å². The highest BCUT2D eigenvalue weighted by atomic mass is 32.2. The Kier molecular flexibility index (Phi) is 6.40. The fourth-order valence-electron chi connectivity index (χ4n) is 3.80. The molecule has 1 aliphatic rings. The van der Waals surface area contributed by atoms with Gasteiger partial charge in [-0.05, 0) is 63.3 Å². The van der Waals surface area contributed by atoms with E-state index in [1.54, 1.807) is 24.3 Å². The number of rotatable bonds is 7. The maximum absolute atomic E-state index is 13.1. The van der Waals surface area contributed by atoms with Gasteiger partial charge in [0.25, 0.3) is 0 Å². The summed E-state index contributed by atoms with van der Waals surface area (Å²) < 4.78 is 33.5. The molecule has 0 radical (unpaired) electrons. The van der Waals surface area contributed by atoms with Crippen LogP contribution in [0.4, 0.5) is 0 Å². The van der Waals surface area contributed by atoms with E-state index >= 15 is 0 Å². The van der Waals surface area contributed by atoms with Gasteiger partial charge in [0, 0.05) is 25.0 Å². The van der Waals surface area contributed by atoms with Gasteiger partial charge in [-0.15, -0.1) is 0 Å². The Morgan fingerprint density at radius 3 is 2.32 bits per heavy atom. The highest BCUT2D eigenvalue weighted by molar-refractivity contribution is 7.89. The molecule has 1 N–H and O–H groups in total. The van der Waals surface area contributed by atoms with E-state index in [4.69, 9.17) is 4.74 Å². The SMILES string of the molecule is CN(C)CC1(CO)CCCN(S(=O)(=O)c2ccc(Oc3ccccc3)cc2)C1. The summed E-state index contributed by atoms with van der Waals surface area (Å²) in [7, 11) is 0.261. The van der Waals surface area contributed by atoms with Crippen LogP contribution in [0, 0.1) is 5.41 Å². The molecular weight excluding hydrogens is 376 g/mol. The lowest BCUT2D eigenvalue weighted by Crippen LogP contribution is -2.51. The first-order chi connectivity index (χ1) is 13.3. The molecule has 1 unspecified atom stereocenters. The van der Waals surface area contributed by atoms with Crippen LogP contribution in [0.15, 0.2) is 59.5 Å². The Labute approximate surface area is 167 Å². The summed E-state index contributed by atoms with van der Waals surface area (Å²) in [6, 6.07) is 15.9. The van der Waals surface area contributed by atoms with E-state index in [1.807, 2.05) is 49.3 Å². The summed E-state index contributed by atoms with van der Waals surface area (Å²) in [6.45, 7) is 1.42. The largest absolute Gasteiger partial charge is 0.457 e. The standard InChI is InChI=1S/C21H28N2O4S/c1-22(2)15-21(17-24)13-6-14-23(16-21)28(25,26)20-11-9-19(10-12-20)27-18-7-4-3-5-8-18/h3-5,7-12,24H,6,13-17H2,1-2H3. The van der Waals surface area contributed by atoms with Crippen LogP contribution in [0.1, 0.15) is 12.8 Å². The van der Waals surface area contributed by atoms with Crippen molar-refractivity contribution in [3.8, 4) is 11.5 Å². The quantitative estimate of drug-likeness (QED) is 0.768. The molecule has 6 nitrogen and oxygen atoms in total. The maximum atomic E-state index is 13.1. The van der Waals surface area contributed by atoms with Gasteiger partial charge in [-0.2, -0.15) is 4.31 Å². The minimum Gasteiger partial charge on any atom is -0.457 e.